The number of rotatable bonds is 1. The normalized spacial score (nSPS) is 11.5. The number of hydrogen-bond acceptors (Lipinski definition) is 1. The molecule has 0 amide bonds. The maximum Gasteiger partial charge on any atom is 0.135 e. The standard InChI is InChI=1S/C23H16O/c1-24-23-20-13-12-15-6-2-4-8-18(15)21(20)14-17-11-10-16-7-3-5-9-19(16)22(17)23/h2-14H,1H3. The molecule has 24 heavy (non-hydrogen) atoms. The van der Waals surface area contributed by atoms with Crippen LogP contribution in [0.4, 0.5) is 0 Å². The molecule has 0 N–H and O–H groups in total. The average molecular weight is 308 g/mol. The van der Waals surface area contributed by atoms with E-state index in [-0.39, 0.29) is 0 Å². The molecule has 5 aromatic carbocycles. The van der Waals surface area contributed by atoms with Gasteiger partial charge in [-0.2, -0.15) is 0 Å². The van der Waals surface area contributed by atoms with Crippen LogP contribution in [-0.4, -0.2) is 7.11 Å². The fourth-order valence-electron chi connectivity index (χ4n) is 3.81. The lowest BCUT2D eigenvalue weighted by Gasteiger charge is -2.14. The summed E-state index contributed by atoms with van der Waals surface area (Å²) in [4.78, 5) is 0. The quantitative estimate of drug-likeness (QED) is 0.260. The highest BCUT2D eigenvalue weighted by Gasteiger charge is 2.12. The summed E-state index contributed by atoms with van der Waals surface area (Å²) in [6.07, 6.45) is 0. The van der Waals surface area contributed by atoms with Crippen LogP contribution in [0.25, 0.3) is 43.1 Å². The molecule has 0 bridgehead atoms. The van der Waals surface area contributed by atoms with Crippen LogP contribution in [-0.2, 0) is 0 Å². The Morgan fingerprint density at radius 3 is 1.96 bits per heavy atom. The van der Waals surface area contributed by atoms with Crippen LogP contribution < -0.4 is 4.74 Å². The number of ether oxygens (including phenoxy) is 1. The Labute approximate surface area is 140 Å². The van der Waals surface area contributed by atoms with Gasteiger partial charge in [-0.05, 0) is 44.5 Å². The minimum absolute atomic E-state index is 0.963. The van der Waals surface area contributed by atoms with Crippen molar-refractivity contribution in [3.05, 3.63) is 78.9 Å². The molecule has 0 fully saturated rings. The second-order valence-corrected chi connectivity index (χ2v) is 6.18. The van der Waals surface area contributed by atoms with Crippen molar-refractivity contribution in [2.24, 2.45) is 0 Å². The Morgan fingerprint density at radius 2 is 1.17 bits per heavy atom. The molecule has 0 radical (unpaired) electrons. The lowest BCUT2D eigenvalue weighted by atomic mass is 9.94. The molecule has 0 heterocycles. The van der Waals surface area contributed by atoms with E-state index in [0.29, 0.717) is 0 Å². The molecule has 1 heteroatoms. The molecular formula is C23H16O. The Hall–Kier alpha value is -3.06. The van der Waals surface area contributed by atoms with E-state index < -0.39 is 0 Å². The van der Waals surface area contributed by atoms with E-state index in [1.165, 1.54) is 43.1 Å². The molecule has 0 aliphatic carbocycles. The van der Waals surface area contributed by atoms with Crippen LogP contribution >= 0.6 is 0 Å². The van der Waals surface area contributed by atoms with Gasteiger partial charge in [0.2, 0.25) is 0 Å². The van der Waals surface area contributed by atoms with E-state index in [2.05, 4.69) is 78.9 Å². The lowest BCUT2D eigenvalue weighted by molar-refractivity contribution is 0.425. The third kappa shape index (κ3) is 1.75. The first-order valence-corrected chi connectivity index (χ1v) is 8.17. The van der Waals surface area contributed by atoms with Gasteiger partial charge in [0.1, 0.15) is 5.75 Å². The number of methoxy groups -OCH3 is 1. The SMILES string of the molecule is COc1c2ccc3ccccc3c2cc2ccc3ccccc3c12. The van der Waals surface area contributed by atoms with Crippen molar-refractivity contribution in [1.82, 2.24) is 0 Å². The van der Waals surface area contributed by atoms with Gasteiger partial charge in [0.05, 0.1) is 7.11 Å². The van der Waals surface area contributed by atoms with Gasteiger partial charge in [0, 0.05) is 10.8 Å². The predicted octanol–water partition coefficient (Wildman–Crippen LogP) is 6.31. The molecule has 0 atom stereocenters. The third-order valence-corrected chi connectivity index (χ3v) is 4.91. The first-order chi connectivity index (χ1) is 11.9. The predicted molar refractivity (Wildman–Crippen MR) is 103 cm³/mol. The molecule has 0 unspecified atom stereocenters. The molecule has 0 aromatic heterocycles. The largest absolute Gasteiger partial charge is 0.495 e. The summed E-state index contributed by atoms with van der Waals surface area (Å²) in [5, 5.41) is 9.82. The fraction of sp³-hybridized carbons (Fsp3) is 0.0435. The van der Waals surface area contributed by atoms with Gasteiger partial charge >= 0.3 is 0 Å². The fourth-order valence-corrected chi connectivity index (χ4v) is 3.81. The highest BCUT2D eigenvalue weighted by molar-refractivity contribution is 6.21. The second kappa shape index (κ2) is 4.97. The number of hydrogen-bond donors (Lipinski definition) is 0. The molecule has 5 rings (SSSR count). The van der Waals surface area contributed by atoms with E-state index in [1.54, 1.807) is 7.11 Å². The zero-order valence-electron chi connectivity index (χ0n) is 13.4. The van der Waals surface area contributed by atoms with Crippen molar-refractivity contribution >= 4 is 43.1 Å². The van der Waals surface area contributed by atoms with E-state index in [0.717, 1.165) is 5.75 Å². The minimum atomic E-state index is 0.963. The van der Waals surface area contributed by atoms with Gasteiger partial charge < -0.3 is 4.74 Å². The van der Waals surface area contributed by atoms with Crippen LogP contribution in [0.15, 0.2) is 78.9 Å². The van der Waals surface area contributed by atoms with Gasteiger partial charge in [-0.15, -0.1) is 0 Å². The summed E-state index contributed by atoms with van der Waals surface area (Å²) in [5.41, 5.74) is 0. The molecule has 5 aromatic rings. The Morgan fingerprint density at radius 1 is 0.542 bits per heavy atom. The monoisotopic (exact) mass is 308 g/mol. The second-order valence-electron chi connectivity index (χ2n) is 6.18. The van der Waals surface area contributed by atoms with Gasteiger partial charge in [-0.3, -0.25) is 0 Å². The summed E-state index contributed by atoms with van der Waals surface area (Å²) in [6, 6.07) is 28.0. The molecule has 1 nitrogen and oxygen atoms in total. The molecular weight excluding hydrogens is 292 g/mol. The Bertz CT molecular complexity index is 1230. The highest BCUT2D eigenvalue weighted by Crippen LogP contribution is 2.41. The summed E-state index contributed by atoms with van der Waals surface area (Å²) < 4.78 is 5.90. The molecule has 0 saturated carbocycles. The summed E-state index contributed by atoms with van der Waals surface area (Å²) in [7, 11) is 1.77. The zero-order chi connectivity index (χ0) is 16.1. The van der Waals surface area contributed by atoms with Crippen LogP contribution in [0.1, 0.15) is 0 Å². The molecule has 0 spiro atoms. The molecule has 0 aliphatic heterocycles. The highest BCUT2D eigenvalue weighted by atomic mass is 16.5. The van der Waals surface area contributed by atoms with Crippen LogP contribution in [0, 0.1) is 0 Å². The Kier molecular flexibility index (Phi) is 2.77. The maximum atomic E-state index is 5.90. The number of benzene rings is 5. The number of fused-ring (bicyclic) bond motifs is 6. The lowest BCUT2D eigenvalue weighted by Crippen LogP contribution is -1.90. The van der Waals surface area contributed by atoms with Crippen molar-refractivity contribution in [1.29, 1.82) is 0 Å². The van der Waals surface area contributed by atoms with Crippen LogP contribution in [0.5, 0.6) is 5.75 Å². The van der Waals surface area contributed by atoms with E-state index in [1.807, 2.05) is 0 Å². The third-order valence-electron chi connectivity index (χ3n) is 4.91. The summed E-state index contributed by atoms with van der Waals surface area (Å²) in [5.74, 6) is 0.963. The van der Waals surface area contributed by atoms with Gasteiger partial charge in [-0.1, -0.05) is 66.7 Å². The summed E-state index contributed by atoms with van der Waals surface area (Å²) in [6.45, 7) is 0. The first kappa shape index (κ1) is 13.4. The van der Waals surface area contributed by atoms with Crippen molar-refractivity contribution < 1.29 is 4.74 Å². The molecule has 114 valence electrons. The van der Waals surface area contributed by atoms with Crippen LogP contribution in [0.2, 0.25) is 0 Å². The smallest absolute Gasteiger partial charge is 0.135 e. The summed E-state index contributed by atoms with van der Waals surface area (Å²) >= 11 is 0. The topological polar surface area (TPSA) is 9.23 Å². The van der Waals surface area contributed by atoms with Crippen molar-refractivity contribution in [2.75, 3.05) is 7.11 Å². The average Bonchev–Trinajstić information content (AvgIpc) is 2.66. The first-order valence-electron chi connectivity index (χ1n) is 8.17. The van der Waals surface area contributed by atoms with Crippen molar-refractivity contribution in [3.63, 3.8) is 0 Å². The maximum absolute atomic E-state index is 5.90. The van der Waals surface area contributed by atoms with Crippen LogP contribution in [0.3, 0.4) is 0 Å². The molecule has 0 aliphatic rings. The van der Waals surface area contributed by atoms with E-state index in [9.17, 15) is 0 Å². The van der Waals surface area contributed by atoms with Gasteiger partial charge in [0.15, 0.2) is 0 Å². The van der Waals surface area contributed by atoms with Gasteiger partial charge in [0.25, 0.3) is 0 Å². The van der Waals surface area contributed by atoms with Gasteiger partial charge in [-0.25, -0.2) is 0 Å². The Balaban J connectivity index is 2.08. The van der Waals surface area contributed by atoms with Crippen molar-refractivity contribution in [3.8, 4) is 5.75 Å². The zero-order valence-corrected chi connectivity index (χ0v) is 13.4. The van der Waals surface area contributed by atoms with Crippen molar-refractivity contribution in [2.45, 2.75) is 0 Å². The molecule has 0 saturated heterocycles. The van der Waals surface area contributed by atoms with E-state index in [4.69, 9.17) is 4.74 Å². The van der Waals surface area contributed by atoms with E-state index >= 15 is 0 Å². The minimum Gasteiger partial charge on any atom is -0.495 e.